The first-order chi connectivity index (χ1) is 4.66. The SMILES string of the molecule is CC(C)/C=C/CC(N)CO.Cl. The van der Waals surface area contributed by atoms with E-state index in [1.54, 1.807) is 0 Å². The van der Waals surface area contributed by atoms with Crippen molar-refractivity contribution in [1.82, 2.24) is 0 Å². The summed E-state index contributed by atoms with van der Waals surface area (Å²) in [6, 6.07) is -0.0880. The number of nitrogens with two attached hydrogens (primary N) is 1. The summed E-state index contributed by atoms with van der Waals surface area (Å²) in [6.07, 6.45) is 4.88. The number of hydrogen-bond acceptors (Lipinski definition) is 2. The molecule has 0 saturated heterocycles. The normalized spacial score (nSPS) is 13.5. The van der Waals surface area contributed by atoms with E-state index >= 15 is 0 Å². The molecule has 2 nitrogen and oxygen atoms in total. The van der Waals surface area contributed by atoms with E-state index in [9.17, 15) is 0 Å². The van der Waals surface area contributed by atoms with Crippen LogP contribution < -0.4 is 5.73 Å². The van der Waals surface area contributed by atoms with E-state index in [2.05, 4.69) is 19.9 Å². The molecule has 1 atom stereocenters. The minimum absolute atomic E-state index is 0. The van der Waals surface area contributed by atoms with E-state index in [1.807, 2.05) is 6.08 Å². The average molecular weight is 180 g/mol. The van der Waals surface area contributed by atoms with Crippen molar-refractivity contribution in [1.29, 1.82) is 0 Å². The quantitative estimate of drug-likeness (QED) is 0.640. The molecule has 0 aromatic rings. The molecule has 0 spiro atoms. The van der Waals surface area contributed by atoms with Crippen molar-refractivity contribution in [2.75, 3.05) is 6.61 Å². The standard InChI is InChI=1S/C8H17NO.ClH/c1-7(2)4-3-5-8(9)6-10;/h3-4,7-8,10H,5-6,9H2,1-2H3;1H/b4-3+;. The third kappa shape index (κ3) is 9.95. The number of halogens is 1. The first-order valence-electron chi connectivity index (χ1n) is 3.70. The van der Waals surface area contributed by atoms with Crippen LogP contribution in [0.5, 0.6) is 0 Å². The fourth-order valence-electron chi connectivity index (χ4n) is 0.600. The van der Waals surface area contributed by atoms with Crippen LogP contribution >= 0.6 is 12.4 Å². The summed E-state index contributed by atoms with van der Waals surface area (Å²) in [5, 5.41) is 8.54. The van der Waals surface area contributed by atoms with Gasteiger partial charge >= 0.3 is 0 Å². The van der Waals surface area contributed by atoms with E-state index in [0.29, 0.717) is 5.92 Å². The predicted molar refractivity (Wildman–Crippen MR) is 50.9 cm³/mol. The second-order valence-electron chi connectivity index (χ2n) is 2.85. The zero-order chi connectivity index (χ0) is 7.98. The molecule has 0 bridgehead atoms. The van der Waals surface area contributed by atoms with Gasteiger partial charge in [-0.3, -0.25) is 0 Å². The maximum atomic E-state index is 8.54. The van der Waals surface area contributed by atoms with E-state index in [-0.39, 0.29) is 25.1 Å². The largest absolute Gasteiger partial charge is 0.395 e. The molecule has 0 radical (unpaired) electrons. The third-order valence-corrected chi connectivity index (χ3v) is 1.19. The van der Waals surface area contributed by atoms with E-state index in [1.165, 1.54) is 0 Å². The second kappa shape index (κ2) is 8.05. The number of aliphatic hydroxyl groups is 1. The maximum Gasteiger partial charge on any atom is 0.0585 e. The molecule has 0 aromatic carbocycles. The maximum absolute atomic E-state index is 8.54. The van der Waals surface area contributed by atoms with Gasteiger partial charge in [0.25, 0.3) is 0 Å². The van der Waals surface area contributed by atoms with Crippen LogP contribution in [0, 0.1) is 5.92 Å². The van der Waals surface area contributed by atoms with E-state index < -0.39 is 0 Å². The summed E-state index contributed by atoms with van der Waals surface area (Å²) in [6.45, 7) is 4.30. The minimum atomic E-state index is -0.0880. The highest BCUT2D eigenvalue weighted by Gasteiger charge is 1.94. The van der Waals surface area contributed by atoms with Crippen molar-refractivity contribution < 1.29 is 5.11 Å². The number of hydrogen-bond donors (Lipinski definition) is 2. The molecule has 0 aliphatic heterocycles. The smallest absolute Gasteiger partial charge is 0.0585 e. The predicted octanol–water partition coefficient (Wildman–Crippen LogP) is 1.33. The van der Waals surface area contributed by atoms with Crippen LogP contribution in [0.2, 0.25) is 0 Å². The minimum Gasteiger partial charge on any atom is -0.395 e. The van der Waals surface area contributed by atoms with Crippen molar-refractivity contribution in [3.8, 4) is 0 Å². The molecule has 0 fully saturated rings. The lowest BCUT2D eigenvalue weighted by Gasteiger charge is -2.02. The molecule has 11 heavy (non-hydrogen) atoms. The summed E-state index contributed by atoms with van der Waals surface area (Å²) in [5.74, 6) is 0.575. The summed E-state index contributed by atoms with van der Waals surface area (Å²) >= 11 is 0. The number of aliphatic hydroxyl groups excluding tert-OH is 1. The van der Waals surface area contributed by atoms with Crippen LogP contribution in [0.3, 0.4) is 0 Å². The zero-order valence-corrected chi connectivity index (χ0v) is 7.97. The molecule has 0 aromatic heterocycles. The molecule has 1 unspecified atom stereocenters. The van der Waals surface area contributed by atoms with Crippen LogP contribution in [0.15, 0.2) is 12.2 Å². The zero-order valence-electron chi connectivity index (χ0n) is 7.16. The van der Waals surface area contributed by atoms with Gasteiger partial charge in [-0.25, -0.2) is 0 Å². The molecule has 0 aliphatic carbocycles. The van der Waals surface area contributed by atoms with Crippen LogP contribution in [-0.4, -0.2) is 17.8 Å². The van der Waals surface area contributed by atoms with Gasteiger partial charge in [-0.15, -0.1) is 12.4 Å². The highest BCUT2D eigenvalue weighted by atomic mass is 35.5. The van der Waals surface area contributed by atoms with Crippen LogP contribution in [0.4, 0.5) is 0 Å². The van der Waals surface area contributed by atoms with Gasteiger partial charge in [0.05, 0.1) is 6.61 Å². The Morgan fingerprint density at radius 2 is 2.00 bits per heavy atom. The topological polar surface area (TPSA) is 46.2 Å². The summed E-state index contributed by atoms with van der Waals surface area (Å²) < 4.78 is 0. The van der Waals surface area contributed by atoms with Gasteiger partial charge in [0.2, 0.25) is 0 Å². The molecule has 0 heterocycles. The van der Waals surface area contributed by atoms with Gasteiger partial charge in [-0.05, 0) is 12.3 Å². The van der Waals surface area contributed by atoms with Gasteiger partial charge in [-0.2, -0.15) is 0 Å². The van der Waals surface area contributed by atoms with E-state index in [0.717, 1.165) is 6.42 Å². The average Bonchev–Trinajstić information content (AvgIpc) is 1.87. The second-order valence-corrected chi connectivity index (χ2v) is 2.85. The molecule has 0 aliphatic rings. The monoisotopic (exact) mass is 179 g/mol. The Balaban J connectivity index is 0. The lowest BCUT2D eigenvalue weighted by molar-refractivity contribution is 0.266. The Labute approximate surface area is 74.9 Å². The number of allylic oxidation sites excluding steroid dienone is 1. The van der Waals surface area contributed by atoms with Gasteiger partial charge in [0.1, 0.15) is 0 Å². The first-order valence-corrected chi connectivity index (χ1v) is 3.70. The Hall–Kier alpha value is -0.0500. The molecular formula is C8H18ClNO. The lowest BCUT2D eigenvalue weighted by atomic mass is 10.1. The highest BCUT2D eigenvalue weighted by Crippen LogP contribution is 1.96. The number of rotatable bonds is 4. The molecular weight excluding hydrogens is 162 g/mol. The Morgan fingerprint density at radius 1 is 1.45 bits per heavy atom. The lowest BCUT2D eigenvalue weighted by Crippen LogP contribution is -2.23. The molecule has 68 valence electrons. The van der Waals surface area contributed by atoms with Crippen molar-refractivity contribution >= 4 is 12.4 Å². The Bertz CT molecular complexity index is 104. The Kier molecular flexibility index (Phi) is 9.90. The van der Waals surface area contributed by atoms with Crippen LogP contribution in [0.25, 0.3) is 0 Å². The van der Waals surface area contributed by atoms with Gasteiger partial charge in [0.15, 0.2) is 0 Å². The highest BCUT2D eigenvalue weighted by molar-refractivity contribution is 5.85. The van der Waals surface area contributed by atoms with Gasteiger partial charge in [0, 0.05) is 6.04 Å². The molecule has 3 heteroatoms. The van der Waals surface area contributed by atoms with Crippen molar-refractivity contribution in [2.24, 2.45) is 11.7 Å². The van der Waals surface area contributed by atoms with Crippen LogP contribution in [0.1, 0.15) is 20.3 Å². The summed E-state index contributed by atoms with van der Waals surface area (Å²) in [7, 11) is 0. The van der Waals surface area contributed by atoms with E-state index in [4.69, 9.17) is 10.8 Å². The summed E-state index contributed by atoms with van der Waals surface area (Å²) in [5.41, 5.74) is 5.46. The molecule has 3 N–H and O–H groups in total. The van der Waals surface area contributed by atoms with Crippen molar-refractivity contribution in [3.63, 3.8) is 0 Å². The van der Waals surface area contributed by atoms with Crippen molar-refractivity contribution in [3.05, 3.63) is 12.2 Å². The fourth-order valence-corrected chi connectivity index (χ4v) is 0.600. The summed E-state index contributed by atoms with van der Waals surface area (Å²) in [4.78, 5) is 0. The van der Waals surface area contributed by atoms with Crippen LogP contribution in [-0.2, 0) is 0 Å². The Morgan fingerprint density at radius 3 is 2.36 bits per heavy atom. The third-order valence-electron chi connectivity index (χ3n) is 1.19. The van der Waals surface area contributed by atoms with Crippen molar-refractivity contribution in [2.45, 2.75) is 26.3 Å². The molecule has 0 saturated carbocycles. The van der Waals surface area contributed by atoms with Gasteiger partial charge in [-0.1, -0.05) is 26.0 Å². The fraction of sp³-hybridized carbons (Fsp3) is 0.750. The molecule has 0 amide bonds. The van der Waals surface area contributed by atoms with Gasteiger partial charge < -0.3 is 10.8 Å². The molecule has 0 rings (SSSR count). The first kappa shape index (κ1) is 13.5.